The van der Waals surface area contributed by atoms with Gasteiger partial charge in [-0.1, -0.05) is 29.8 Å². The fourth-order valence-corrected chi connectivity index (χ4v) is 4.68. The second kappa shape index (κ2) is 6.95. The third kappa shape index (κ3) is 3.55. The maximum atomic E-state index is 12.9. The van der Waals surface area contributed by atoms with Crippen molar-refractivity contribution in [1.82, 2.24) is 4.90 Å². The van der Waals surface area contributed by atoms with Gasteiger partial charge in [-0.2, -0.15) is 11.8 Å². The number of rotatable bonds is 3. The van der Waals surface area contributed by atoms with Crippen LogP contribution >= 0.6 is 11.8 Å². The molecule has 1 heterocycles. The predicted octanol–water partition coefficient (Wildman–Crippen LogP) is 3.11. The zero-order chi connectivity index (χ0) is 16.4. The molecule has 1 aromatic carbocycles. The van der Waals surface area contributed by atoms with E-state index in [2.05, 4.69) is 31.2 Å². The Morgan fingerprint density at radius 2 is 1.87 bits per heavy atom. The Kier molecular flexibility index (Phi) is 4.95. The summed E-state index contributed by atoms with van der Waals surface area (Å²) in [6.07, 6.45) is 1.84. The van der Waals surface area contributed by atoms with Crippen LogP contribution in [-0.2, 0) is 9.59 Å². The van der Waals surface area contributed by atoms with Crippen molar-refractivity contribution in [1.29, 1.82) is 0 Å². The Balaban J connectivity index is 1.75. The third-order valence-electron chi connectivity index (χ3n) is 5.00. The molecule has 5 heteroatoms. The van der Waals surface area contributed by atoms with Gasteiger partial charge in [0.25, 0.3) is 0 Å². The molecule has 1 unspecified atom stereocenters. The number of carbonyl (C=O) groups excluding carboxylic acids is 1. The van der Waals surface area contributed by atoms with Crippen LogP contribution in [0.1, 0.15) is 36.4 Å². The molecule has 0 bridgehead atoms. The van der Waals surface area contributed by atoms with E-state index in [1.165, 1.54) is 11.1 Å². The smallest absolute Gasteiger partial charge is 0.306 e. The molecule has 1 aromatic rings. The lowest BCUT2D eigenvalue weighted by molar-refractivity contribution is -0.142. The zero-order valence-electron chi connectivity index (χ0n) is 13.4. The zero-order valence-corrected chi connectivity index (χ0v) is 14.2. The molecule has 4 nitrogen and oxygen atoms in total. The lowest BCUT2D eigenvalue weighted by Gasteiger charge is -2.37. The minimum atomic E-state index is -0.760. The second-order valence-corrected chi connectivity index (χ2v) is 7.73. The standard InChI is InChI=1S/C18H23NO3S/c1-12-2-4-13(5-3-12)16-11-23-9-8-19(16)17(20)14-6-7-15(10-14)18(21)22/h2-5,14-16H,6-11H2,1H3,(H,21,22)/t14-,15+,16?/m1/s1. The summed E-state index contributed by atoms with van der Waals surface area (Å²) in [7, 11) is 0. The number of nitrogens with zero attached hydrogens (tertiary/aromatic N) is 1. The van der Waals surface area contributed by atoms with E-state index in [-0.39, 0.29) is 23.8 Å². The molecule has 1 saturated carbocycles. The fourth-order valence-electron chi connectivity index (χ4n) is 3.60. The molecule has 0 spiro atoms. The van der Waals surface area contributed by atoms with Gasteiger partial charge in [0.2, 0.25) is 5.91 Å². The van der Waals surface area contributed by atoms with Crippen LogP contribution in [0.4, 0.5) is 0 Å². The molecular weight excluding hydrogens is 310 g/mol. The van der Waals surface area contributed by atoms with Gasteiger partial charge in [-0.25, -0.2) is 0 Å². The summed E-state index contributed by atoms with van der Waals surface area (Å²) in [4.78, 5) is 26.1. The monoisotopic (exact) mass is 333 g/mol. The number of benzene rings is 1. The maximum Gasteiger partial charge on any atom is 0.306 e. The highest BCUT2D eigenvalue weighted by Gasteiger charge is 2.38. The van der Waals surface area contributed by atoms with Crippen molar-refractivity contribution < 1.29 is 14.7 Å². The van der Waals surface area contributed by atoms with Crippen LogP contribution in [0.2, 0.25) is 0 Å². The first-order valence-corrected chi connectivity index (χ1v) is 9.39. The Morgan fingerprint density at radius 3 is 2.52 bits per heavy atom. The first-order valence-electron chi connectivity index (χ1n) is 8.24. The Morgan fingerprint density at radius 1 is 1.17 bits per heavy atom. The van der Waals surface area contributed by atoms with Crippen LogP contribution in [0.5, 0.6) is 0 Å². The van der Waals surface area contributed by atoms with Crippen LogP contribution in [0, 0.1) is 18.8 Å². The molecule has 2 fully saturated rings. The SMILES string of the molecule is Cc1ccc(C2CSCCN2C(=O)[C@@H]2CC[C@H](C(=O)O)C2)cc1. The van der Waals surface area contributed by atoms with Crippen molar-refractivity contribution in [2.24, 2.45) is 11.8 Å². The lowest BCUT2D eigenvalue weighted by atomic mass is 10.00. The molecule has 124 valence electrons. The summed E-state index contributed by atoms with van der Waals surface area (Å²) in [6.45, 7) is 2.82. The number of aryl methyl sites for hydroxylation is 1. The van der Waals surface area contributed by atoms with Crippen molar-refractivity contribution in [2.45, 2.75) is 32.2 Å². The molecule has 3 atom stereocenters. The molecule has 1 amide bonds. The van der Waals surface area contributed by atoms with Crippen LogP contribution in [0.3, 0.4) is 0 Å². The highest BCUT2D eigenvalue weighted by molar-refractivity contribution is 7.99. The Labute approximate surface area is 141 Å². The van der Waals surface area contributed by atoms with Crippen LogP contribution in [-0.4, -0.2) is 39.9 Å². The van der Waals surface area contributed by atoms with Crippen LogP contribution < -0.4 is 0 Å². The number of hydrogen-bond donors (Lipinski definition) is 1. The van der Waals surface area contributed by atoms with Crippen molar-refractivity contribution in [3.63, 3.8) is 0 Å². The van der Waals surface area contributed by atoms with E-state index >= 15 is 0 Å². The first-order chi connectivity index (χ1) is 11.1. The van der Waals surface area contributed by atoms with Gasteiger partial charge < -0.3 is 10.0 Å². The summed E-state index contributed by atoms with van der Waals surface area (Å²) < 4.78 is 0. The summed E-state index contributed by atoms with van der Waals surface area (Å²) in [5.41, 5.74) is 2.40. The minimum Gasteiger partial charge on any atom is -0.481 e. The lowest BCUT2D eigenvalue weighted by Crippen LogP contribution is -2.43. The normalized spacial score (nSPS) is 27.9. The van der Waals surface area contributed by atoms with E-state index in [1.54, 1.807) is 0 Å². The number of thioether (sulfide) groups is 1. The molecule has 1 aliphatic heterocycles. The third-order valence-corrected chi connectivity index (χ3v) is 6.03. The van der Waals surface area contributed by atoms with E-state index in [1.807, 2.05) is 16.7 Å². The van der Waals surface area contributed by atoms with E-state index < -0.39 is 5.97 Å². The van der Waals surface area contributed by atoms with Crippen LogP contribution in [0.25, 0.3) is 0 Å². The molecule has 1 saturated heterocycles. The fraction of sp³-hybridized carbons (Fsp3) is 0.556. The molecular formula is C18H23NO3S. The second-order valence-electron chi connectivity index (χ2n) is 6.58. The van der Waals surface area contributed by atoms with Crippen molar-refractivity contribution in [3.05, 3.63) is 35.4 Å². The van der Waals surface area contributed by atoms with E-state index in [4.69, 9.17) is 5.11 Å². The molecule has 3 rings (SSSR count). The number of amides is 1. The summed E-state index contributed by atoms with van der Waals surface area (Å²) in [5, 5.41) is 9.15. The highest BCUT2D eigenvalue weighted by atomic mass is 32.2. The Hall–Kier alpha value is -1.49. The number of aliphatic carboxylic acids is 1. The quantitative estimate of drug-likeness (QED) is 0.923. The first kappa shape index (κ1) is 16.4. The van der Waals surface area contributed by atoms with Crippen molar-refractivity contribution >= 4 is 23.6 Å². The topological polar surface area (TPSA) is 57.6 Å². The summed E-state index contributed by atoms with van der Waals surface area (Å²) >= 11 is 1.88. The van der Waals surface area contributed by atoms with Gasteiger partial charge in [0, 0.05) is 24.0 Å². The molecule has 0 radical (unpaired) electrons. The van der Waals surface area contributed by atoms with Gasteiger partial charge >= 0.3 is 5.97 Å². The predicted molar refractivity (Wildman–Crippen MR) is 91.4 cm³/mol. The summed E-state index contributed by atoms with van der Waals surface area (Å²) in [6, 6.07) is 8.52. The number of carbonyl (C=O) groups is 2. The number of carboxylic acids is 1. The van der Waals surface area contributed by atoms with Gasteiger partial charge in [-0.3, -0.25) is 9.59 Å². The van der Waals surface area contributed by atoms with Gasteiger partial charge in [0.1, 0.15) is 0 Å². The number of hydrogen-bond acceptors (Lipinski definition) is 3. The Bertz CT molecular complexity index is 586. The van der Waals surface area contributed by atoms with Crippen LogP contribution in [0.15, 0.2) is 24.3 Å². The van der Waals surface area contributed by atoms with Gasteiger partial charge in [-0.05, 0) is 31.7 Å². The summed E-state index contributed by atoms with van der Waals surface area (Å²) in [5.74, 6) is 0.810. The average molecular weight is 333 g/mol. The molecule has 2 aliphatic rings. The molecule has 1 aliphatic carbocycles. The number of carboxylic acid groups (broad SMARTS) is 1. The maximum absolute atomic E-state index is 12.9. The largest absolute Gasteiger partial charge is 0.481 e. The van der Waals surface area contributed by atoms with E-state index in [0.29, 0.717) is 19.3 Å². The average Bonchev–Trinajstić information content (AvgIpc) is 3.05. The van der Waals surface area contributed by atoms with Gasteiger partial charge in [-0.15, -0.1) is 0 Å². The van der Waals surface area contributed by atoms with Gasteiger partial charge in [0.15, 0.2) is 0 Å². The molecule has 23 heavy (non-hydrogen) atoms. The highest BCUT2D eigenvalue weighted by Crippen LogP contribution is 2.36. The van der Waals surface area contributed by atoms with Crippen molar-refractivity contribution in [3.8, 4) is 0 Å². The van der Waals surface area contributed by atoms with E-state index in [9.17, 15) is 9.59 Å². The molecule has 1 N–H and O–H groups in total. The van der Waals surface area contributed by atoms with E-state index in [0.717, 1.165) is 18.1 Å². The molecule has 0 aromatic heterocycles. The van der Waals surface area contributed by atoms with Crippen molar-refractivity contribution in [2.75, 3.05) is 18.1 Å². The minimum absolute atomic E-state index is 0.116. The van der Waals surface area contributed by atoms with Gasteiger partial charge in [0.05, 0.1) is 12.0 Å².